The summed E-state index contributed by atoms with van der Waals surface area (Å²) < 4.78 is 29.5. The molecule has 1 aromatic heterocycles. The molecular weight excluding hydrogens is 275 g/mol. The van der Waals surface area contributed by atoms with Crippen molar-refractivity contribution in [2.75, 3.05) is 7.11 Å². The first kappa shape index (κ1) is 14.1. The van der Waals surface area contributed by atoms with Crippen LogP contribution in [-0.2, 0) is 21.8 Å². The normalized spacial score (nSPS) is 10.7. The molecule has 17 heavy (non-hydrogen) atoms. The van der Waals surface area contributed by atoms with Gasteiger partial charge in [-0.1, -0.05) is 11.6 Å². The lowest BCUT2D eigenvalue weighted by molar-refractivity contribution is -0.139. The van der Waals surface area contributed by atoms with Crippen LogP contribution in [-0.4, -0.2) is 18.1 Å². The van der Waals surface area contributed by atoms with Gasteiger partial charge in [0.05, 0.1) is 24.2 Å². The molecule has 0 radical (unpaired) electrons. The number of carbonyl (C=O) groups excluding carboxylic acids is 1. The lowest BCUT2D eigenvalue weighted by atomic mass is 10.1. The van der Waals surface area contributed by atoms with Crippen LogP contribution in [0.5, 0.6) is 0 Å². The maximum Gasteiger partial charge on any atom is 0.311 e. The van der Waals surface area contributed by atoms with Crippen LogP contribution in [0.15, 0.2) is 6.07 Å². The van der Waals surface area contributed by atoms with Crippen molar-refractivity contribution < 1.29 is 18.3 Å². The quantitative estimate of drug-likeness (QED) is 0.630. The van der Waals surface area contributed by atoms with E-state index >= 15 is 0 Å². The van der Waals surface area contributed by atoms with E-state index in [0.29, 0.717) is 5.56 Å². The number of carbonyl (C=O) groups is 1. The van der Waals surface area contributed by atoms with E-state index in [9.17, 15) is 13.6 Å². The second-order valence-electron chi connectivity index (χ2n) is 3.15. The molecule has 0 fully saturated rings. The number of nitrogens with zero attached hydrogens (tertiary/aromatic N) is 1. The van der Waals surface area contributed by atoms with E-state index in [4.69, 9.17) is 23.2 Å². The molecule has 3 nitrogen and oxygen atoms in total. The molecule has 0 unspecified atom stereocenters. The van der Waals surface area contributed by atoms with Crippen molar-refractivity contribution in [1.82, 2.24) is 4.98 Å². The summed E-state index contributed by atoms with van der Waals surface area (Å²) in [6.45, 7) is 0. The van der Waals surface area contributed by atoms with Crippen LogP contribution in [0.4, 0.5) is 8.78 Å². The first-order chi connectivity index (χ1) is 7.99. The van der Waals surface area contributed by atoms with Gasteiger partial charge in [-0.25, -0.2) is 13.8 Å². The van der Waals surface area contributed by atoms with Gasteiger partial charge in [0.1, 0.15) is 5.69 Å². The first-order valence-corrected chi connectivity index (χ1v) is 5.50. The molecule has 1 rings (SSSR count). The van der Waals surface area contributed by atoms with Crippen molar-refractivity contribution in [2.45, 2.75) is 18.7 Å². The maximum absolute atomic E-state index is 12.5. The summed E-state index contributed by atoms with van der Waals surface area (Å²) >= 11 is 11.5. The Hall–Kier alpha value is -0.940. The minimum absolute atomic E-state index is 0.0325. The molecule has 0 aromatic carbocycles. The van der Waals surface area contributed by atoms with Crippen LogP contribution >= 0.6 is 23.2 Å². The highest BCUT2D eigenvalue weighted by molar-refractivity contribution is 6.33. The van der Waals surface area contributed by atoms with E-state index in [1.807, 2.05) is 0 Å². The molecule has 0 N–H and O–H groups in total. The average Bonchev–Trinajstić information content (AvgIpc) is 2.31. The number of halogens is 4. The Labute approximate surface area is 107 Å². The third-order valence-corrected chi connectivity index (χ3v) is 2.78. The van der Waals surface area contributed by atoms with Gasteiger partial charge in [0.25, 0.3) is 6.43 Å². The Bertz CT molecular complexity index is 427. The molecule has 1 aromatic rings. The van der Waals surface area contributed by atoms with Gasteiger partial charge in [-0.05, 0) is 11.6 Å². The maximum atomic E-state index is 12.5. The second kappa shape index (κ2) is 6.12. The fraction of sp³-hybridized carbons (Fsp3) is 0.400. The van der Waals surface area contributed by atoms with E-state index in [1.54, 1.807) is 0 Å². The van der Waals surface area contributed by atoms with Gasteiger partial charge in [0.2, 0.25) is 0 Å². The third-order valence-electron chi connectivity index (χ3n) is 2.03. The molecule has 94 valence electrons. The van der Waals surface area contributed by atoms with Crippen LogP contribution in [0.3, 0.4) is 0 Å². The largest absolute Gasteiger partial charge is 0.469 e. The Balaban J connectivity index is 3.17. The molecule has 0 amide bonds. The molecule has 0 saturated heterocycles. The number of pyridine rings is 1. The van der Waals surface area contributed by atoms with E-state index in [2.05, 4.69) is 9.72 Å². The van der Waals surface area contributed by atoms with Crippen molar-refractivity contribution in [3.63, 3.8) is 0 Å². The molecule has 0 saturated carbocycles. The van der Waals surface area contributed by atoms with Gasteiger partial charge in [-0.15, -0.1) is 11.6 Å². The molecule has 0 spiro atoms. The highest BCUT2D eigenvalue weighted by Gasteiger charge is 2.18. The van der Waals surface area contributed by atoms with Gasteiger partial charge in [0, 0.05) is 5.88 Å². The number of esters is 1. The topological polar surface area (TPSA) is 39.2 Å². The van der Waals surface area contributed by atoms with Crippen LogP contribution in [0, 0.1) is 0 Å². The van der Waals surface area contributed by atoms with E-state index < -0.39 is 18.1 Å². The highest BCUT2D eigenvalue weighted by Crippen LogP contribution is 2.27. The number of ether oxygens (including phenoxy) is 1. The number of methoxy groups -OCH3 is 1. The molecule has 7 heteroatoms. The Morgan fingerprint density at radius 1 is 1.59 bits per heavy atom. The Morgan fingerprint density at radius 2 is 2.24 bits per heavy atom. The standard InChI is InChI=1S/C10H9Cl2F2NO2/c1-17-8(16)3-6-9(12)5(4-11)2-7(15-6)10(13)14/h2,10H,3-4H2,1H3. The van der Waals surface area contributed by atoms with Gasteiger partial charge in [0.15, 0.2) is 0 Å². The second-order valence-corrected chi connectivity index (χ2v) is 3.80. The Morgan fingerprint density at radius 3 is 2.71 bits per heavy atom. The fourth-order valence-corrected chi connectivity index (χ4v) is 1.71. The summed E-state index contributed by atoms with van der Waals surface area (Å²) in [6, 6.07) is 1.13. The molecule has 0 aliphatic heterocycles. The zero-order valence-electron chi connectivity index (χ0n) is 8.84. The molecule has 1 heterocycles. The molecular formula is C10H9Cl2F2NO2. The van der Waals surface area contributed by atoms with Gasteiger partial charge >= 0.3 is 5.97 Å². The van der Waals surface area contributed by atoms with Gasteiger partial charge in [-0.3, -0.25) is 4.79 Å². The molecule has 0 aliphatic rings. The van der Waals surface area contributed by atoms with Crippen molar-refractivity contribution in [3.8, 4) is 0 Å². The number of aromatic nitrogens is 1. The highest BCUT2D eigenvalue weighted by atomic mass is 35.5. The summed E-state index contributed by atoms with van der Waals surface area (Å²) in [7, 11) is 1.19. The molecule has 0 atom stereocenters. The van der Waals surface area contributed by atoms with Crippen LogP contribution in [0.25, 0.3) is 0 Å². The average molecular weight is 284 g/mol. The van der Waals surface area contributed by atoms with Crippen LogP contribution in [0.2, 0.25) is 5.02 Å². The minimum Gasteiger partial charge on any atom is -0.469 e. The minimum atomic E-state index is -2.74. The molecule has 0 aliphatic carbocycles. The summed E-state index contributed by atoms with van der Waals surface area (Å²) in [5.74, 6) is -0.638. The van der Waals surface area contributed by atoms with Gasteiger partial charge < -0.3 is 4.74 Å². The summed E-state index contributed by atoms with van der Waals surface area (Å²) in [5.41, 5.74) is -0.0894. The number of hydrogen-bond acceptors (Lipinski definition) is 3. The lowest BCUT2D eigenvalue weighted by Crippen LogP contribution is -2.09. The predicted molar refractivity (Wildman–Crippen MR) is 59.5 cm³/mol. The predicted octanol–water partition coefficient (Wildman–Crippen LogP) is 3.13. The smallest absolute Gasteiger partial charge is 0.311 e. The van der Waals surface area contributed by atoms with Gasteiger partial charge in [-0.2, -0.15) is 0 Å². The van der Waals surface area contributed by atoms with E-state index in [-0.39, 0.29) is 23.0 Å². The van der Waals surface area contributed by atoms with E-state index in [1.165, 1.54) is 7.11 Å². The SMILES string of the molecule is COC(=O)Cc1nc(C(F)F)cc(CCl)c1Cl. The van der Waals surface area contributed by atoms with Crippen LogP contribution < -0.4 is 0 Å². The number of hydrogen-bond donors (Lipinski definition) is 0. The summed E-state index contributed by atoms with van der Waals surface area (Å²) in [6.07, 6.45) is -3.01. The lowest BCUT2D eigenvalue weighted by Gasteiger charge is -2.09. The van der Waals surface area contributed by atoms with Crippen molar-refractivity contribution in [2.24, 2.45) is 0 Å². The summed E-state index contributed by atoms with van der Waals surface area (Å²) in [5, 5.41) is 0.120. The Kier molecular flexibility index (Phi) is 5.08. The number of alkyl halides is 3. The fourth-order valence-electron chi connectivity index (χ4n) is 1.20. The summed E-state index contributed by atoms with van der Waals surface area (Å²) in [4.78, 5) is 14.7. The van der Waals surface area contributed by atoms with Crippen molar-refractivity contribution in [1.29, 1.82) is 0 Å². The zero-order valence-corrected chi connectivity index (χ0v) is 10.4. The number of rotatable bonds is 4. The van der Waals surface area contributed by atoms with Crippen molar-refractivity contribution in [3.05, 3.63) is 28.0 Å². The monoisotopic (exact) mass is 283 g/mol. The molecule has 0 bridgehead atoms. The van der Waals surface area contributed by atoms with Crippen LogP contribution in [0.1, 0.15) is 23.4 Å². The zero-order chi connectivity index (χ0) is 13.0. The van der Waals surface area contributed by atoms with E-state index in [0.717, 1.165) is 6.07 Å². The first-order valence-electron chi connectivity index (χ1n) is 4.58. The van der Waals surface area contributed by atoms with Crippen molar-refractivity contribution >= 4 is 29.2 Å². The third kappa shape index (κ3) is 3.51.